The van der Waals surface area contributed by atoms with Crippen molar-refractivity contribution in [2.45, 2.75) is 25.4 Å². The molecule has 0 aliphatic rings. The highest BCUT2D eigenvalue weighted by Gasteiger charge is 2.17. The van der Waals surface area contributed by atoms with Gasteiger partial charge < -0.3 is 29.9 Å². The van der Waals surface area contributed by atoms with Gasteiger partial charge in [-0.2, -0.15) is 0 Å². The smallest absolute Gasteiger partial charge is 0.336 e. The molecule has 0 aliphatic heterocycles. The molecule has 0 radical (unpaired) electrons. The fourth-order valence-electron chi connectivity index (χ4n) is 5.13. The van der Waals surface area contributed by atoms with Gasteiger partial charge in [-0.1, -0.05) is 54.6 Å². The summed E-state index contributed by atoms with van der Waals surface area (Å²) >= 11 is 0. The third kappa shape index (κ3) is 7.48. The lowest BCUT2D eigenvalue weighted by molar-refractivity contribution is -0.137. The van der Waals surface area contributed by atoms with Crippen molar-refractivity contribution in [2.24, 2.45) is 0 Å². The topological polar surface area (TPSA) is 134 Å². The largest absolute Gasteiger partial charge is 0.497 e. The monoisotopic (exact) mass is 582 g/mol. The minimum atomic E-state index is -1.01. The van der Waals surface area contributed by atoms with E-state index in [1.165, 1.54) is 0 Å². The van der Waals surface area contributed by atoms with E-state index in [0.717, 1.165) is 44.2 Å². The molecule has 0 bridgehead atoms. The first-order valence-electron chi connectivity index (χ1n) is 13.7. The molecule has 8 nitrogen and oxygen atoms in total. The van der Waals surface area contributed by atoms with Crippen molar-refractivity contribution >= 4 is 33.5 Å². The summed E-state index contributed by atoms with van der Waals surface area (Å²) < 4.78 is 10.4. The predicted octanol–water partition coefficient (Wildman–Crippen LogP) is 6.50. The third-order valence-electron chi connectivity index (χ3n) is 7.33. The van der Waals surface area contributed by atoms with E-state index >= 15 is 0 Å². The predicted molar refractivity (Wildman–Crippen MR) is 166 cm³/mol. The van der Waals surface area contributed by atoms with E-state index in [-0.39, 0.29) is 31.1 Å². The van der Waals surface area contributed by atoms with Crippen molar-refractivity contribution in [3.63, 3.8) is 0 Å². The van der Waals surface area contributed by atoms with Crippen LogP contribution in [-0.2, 0) is 11.4 Å². The molecule has 4 N–H and O–H groups in total. The van der Waals surface area contributed by atoms with E-state index in [1.54, 1.807) is 32.4 Å². The van der Waals surface area contributed by atoms with Crippen LogP contribution in [-0.4, -0.2) is 53.2 Å². The quantitative estimate of drug-likeness (QED) is 0.147. The maximum Gasteiger partial charge on any atom is 0.336 e. The number of benzene rings is 5. The number of aliphatic hydroxyl groups excluding tert-OH is 2. The number of carboxylic acid groups (broad SMARTS) is 2. The van der Waals surface area contributed by atoms with Crippen molar-refractivity contribution in [1.82, 2.24) is 0 Å². The molecule has 5 rings (SSSR count). The molecule has 43 heavy (non-hydrogen) atoms. The number of aromatic carboxylic acids is 1. The summed E-state index contributed by atoms with van der Waals surface area (Å²) in [5.41, 5.74) is 3.05. The summed E-state index contributed by atoms with van der Waals surface area (Å²) in [7, 11) is 3.24. The third-order valence-corrected chi connectivity index (χ3v) is 7.33. The molecular formula is C35H34O8. The normalized spacial score (nSPS) is 11.4. The van der Waals surface area contributed by atoms with Gasteiger partial charge in [0, 0.05) is 12.2 Å². The molecule has 5 aromatic carbocycles. The lowest BCUT2D eigenvalue weighted by Crippen LogP contribution is -2.08. The van der Waals surface area contributed by atoms with Crippen LogP contribution < -0.4 is 9.47 Å². The summed E-state index contributed by atoms with van der Waals surface area (Å²) in [4.78, 5) is 22.4. The highest BCUT2D eigenvalue weighted by atomic mass is 16.5. The second-order valence-electron chi connectivity index (χ2n) is 10.0. The van der Waals surface area contributed by atoms with Crippen LogP contribution in [0, 0.1) is 0 Å². The maximum atomic E-state index is 11.5. The summed E-state index contributed by atoms with van der Waals surface area (Å²) in [5, 5.41) is 41.1. The standard InChI is InChI=1S/C19H16O4.C16H18O4/c1-23-16-8-7-12-9-14(6-5-13(12)10-16)18-15(11-20)3-2-4-17(18)19(21)22;1-20-15-5-4-12-8-11(2-3-13(12)9-15)14(6-7-17)10-16(18)19/h2-10,20H,11H2,1H3,(H,21,22);2-5,8-9,14,17H,6-7,10H2,1H3,(H,18,19). The number of fused-ring (bicyclic) bond motifs is 2. The van der Waals surface area contributed by atoms with Crippen LogP contribution in [0.2, 0.25) is 0 Å². The second-order valence-corrected chi connectivity index (χ2v) is 10.0. The fourth-order valence-corrected chi connectivity index (χ4v) is 5.13. The van der Waals surface area contributed by atoms with E-state index in [9.17, 15) is 19.8 Å². The highest BCUT2D eigenvalue weighted by Crippen LogP contribution is 2.32. The number of carbonyl (C=O) groups is 2. The van der Waals surface area contributed by atoms with Crippen molar-refractivity contribution < 1.29 is 39.5 Å². The number of carboxylic acids is 2. The van der Waals surface area contributed by atoms with Crippen LogP contribution in [0.25, 0.3) is 32.7 Å². The zero-order valence-electron chi connectivity index (χ0n) is 24.0. The number of hydrogen-bond acceptors (Lipinski definition) is 6. The first-order valence-corrected chi connectivity index (χ1v) is 13.7. The van der Waals surface area contributed by atoms with Crippen molar-refractivity contribution in [3.05, 3.63) is 108 Å². The van der Waals surface area contributed by atoms with Crippen LogP contribution >= 0.6 is 0 Å². The van der Waals surface area contributed by atoms with Gasteiger partial charge in [-0.05, 0) is 87.0 Å². The Balaban J connectivity index is 0.000000199. The molecule has 1 unspecified atom stereocenters. The van der Waals surface area contributed by atoms with Gasteiger partial charge in [0.15, 0.2) is 0 Å². The summed E-state index contributed by atoms with van der Waals surface area (Å²) in [6.07, 6.45) is 0.482. The Labute approximate surface area is 249 Å². The molecule has 8 heteroatoms. The Hall–Kier alpha value is -4.92. The van der Waals surface area contributed by atoms with Gasteiger partial charge in [0.25, 0.3) is 0 Å². The summed E-state index contributed by atoms with van der Waals surface area (Å²) in [6.45, 7) is -0.226. The van der Waals surface area contributed by atoms with Crippen LogP contribution in [0.3, 0.4) is 0 Å². The Morgan fingerprint density at radius 2 is 1.30 bits per heavy atom. The molecule has 0 aromatic heterocycles. The number of methoxy groups -OCH3 is 2. The van der Waals surface area contributed by atoms with Gasteiger partial charge in [0.2, 0.25) is 0 Å². The van der Waals surface area contributed by atoms with Crippen LogP contribution in [0.5, 0.6) is 11.5 Å². The maximum absolute atomic E-state index is 11.5. The SMILES string of the molecule is COc1ccc2cc(-c3c(CO)cccc3C(=O)O)ccc2c1.COc1ccc2cc(C(CCO)CC(=O)O)ccc2c1. The van der Waals surface area contributed by atoms with Gasteiger partial charge in [-0.3, -0.25) is 4.79 Å². The van der Waals surface area contributed by atoms with E-state index in [2.05, 4.69) is 0 Å². The number of hydrogen-bond donors (Lipinski definition) is 4. The Kier molecular flexibility index (Phi) is 10.3. The lowest BCUT2D eigenvalue weighted by atomic mass is 9.91. The average molecular weight is 583 g/mol. The van der Waals surface area contributed by atoms with E-state index in [4.69, 9.17) is 19.7 Å². The molecule has 0 spiro atoms. The van der Waals surface area contributed by atoms with Crippen LogP contribution in [0.15, 0.2) is 91.0 Å². The average Bonchev–Trinajstić information content (AvgIpc) is 3.03. The minimum absolute atomic E-state index is 0.0153. The Morgan fingerprint density at radius 1 is 0.721 bits per heavy atom. The molecule has 0 amide bonds. The number of ether oxygens (including phenoxy) is 2. The zero-order chi connectivity index (χ0) is 30.9. The number of aliphatic hydroxyl groups is 2. The van der Waals surface area contributed by atoms with Crippen molar-refractivity contribution in [3.8, 4) is 22.6 Å². The van der Waals surface area contributed by atoms with Crippen molar-refractivity contribution in [2.75, 3.05) is 20.8 Å². The first-order chi connectivity index (χ1) is 20.8. The second kappa shape index (κ2) is 14.3. The van der Waals surface area contributed by atoms with Crippen LogP contribution in [0.4, 0.5) is 0 Å². The fraction of sp³-hybridized carbons (Fsp3) is 0.200. The molecule has 0 heterocycles. The molecule has 0 saturated heterocycles. The minimum Gasteiger partial charge on any atom is -0.497 e. The Bertz CT molecular complexity index is 1740. The van der Waals surface area contributed by atoms with Gasteiger partial charge in [0.1, 0.15) is 11.5 Å². The molecule has 0 fully saturated rings. The molecule has 1 atom stereocenters. The van der Waals surface area contributed by atoms with Gasteiger partial charge in [0.05, 0.1) is 32.8 Å². The highest BCUT2D eigenvalue weighted by molar-refractivity contribution is 5.99. The first kappa shape index (κ1) is 31.0. The van der Waals surface area contributed by atoms with Gasteiger partial charge in [-0.25, -0.2) is 4.79 Å². The van der Waals surface area contributed by atoms with Crippen molar-refractivity contribution in [1.29, 1.82) is 0 Å². The summed E-state index contributed by atoms with van der Waals surface area (Å²) in [5.74, 6) is -0.456. The molecule has 222 valence electrons. The summed E-state index contributed by atoms with van der Waals surface area (Å²) in [6, 6.07) is 28.0. The number of rotatable bonds is 10. The van der Waals surface area contributed by atoms with Gasteiger partial charge >= 0.3 is 11.9 Å². The molecule has 5 aromatic rings. The molecule has 0 aliphatic carbocycles. The van der Waals surface area contributed by atoms with Gasteiger partial charge in [-0.15, -0.1) is 0 Å². The van der Waals surface area contributed by atoms with E-state index < -0.39 is 11.9 Å². The van der Waals surface area contributed by atoms with Crippen LogP contribution in [0.1, 0.15) is 40.2 Å². The van der Waals surface area contributed by atoms with E-state index in [0.29, 0.717) is 17.5 Å². The van der Waals surface area contributed by atoms with E-state index in [1.807, 2.05) is 72.8 Å². The zero-order valence-corrected chi connectivity index (χ0v) is 24.0. The number of aliphatic carboxylic acids is 1. The molecular weight excluding hydrogens is 548 g/mol. The lowest BCUT2D eigenvalue weighted by Gasteiger charge is -2.15. The Morgan fingerprint density at radius 3 is 1.86 bits per heavy atom. The molecule has 0 saturated carbocycles.